The third kappa shape index (κ3) is 4.89. The van der Waals surface area contributed by atoms with Gasteiger partial charge in [0.25, 0.3) is 5.91 Å². The van der Waals surface area contributed by atoms with Gasteiger partial charge in [0.15, 0.2) is 0 Å². The number of nitrogens with one attached hydrogen (secondary N) is 2. The summed E-state index contributed by atoms with van der Waals surface area (Å²) in [6, 6.07) is 5.26. The topological polar surface area (TPSA) is 61.4 Å². The molecule has 0 radical (unpaired) electrons. The van der Waals surface area contributed by atoms with Gasteiger partial charge in [0.1, 0.15) is 0 Å². The Morgan fingerprint density at radius 2 is 1.89 bits per heavy atom. The number of amides is 2. The van der Waals surface area contributed by atoms with Crippen molar-refractivity contribution in [1.29, 1.82) is 0 Å². The molecule has 2 N–H and O–H groups in total. The van der Waals surface area contributed by atoms with Gasteiger partial charge >= 0.3 is 0 Å². The summed E-state index contributed by atoms with van der Waals surface area (Å²) in [4.78, 5) is 24.8. The van der Waals surface area contributed by atoms with Crippen LogP contribution in [0.4, 0.5) is 5.69 Å². The molecule has 2 amide bonds. The number of aryl methyl sites for hydroxylation is 1. The maximum Gasteiger partial charge on any atom is 0.253 e. The number of carbonyl (C=O) groups is 2. The zero-order valence-electron chi connectivity index (χ0n) is 11.6. The van der Waals surface area contributed by atoms with Crippen LogP contribution in [0, 0.1) is 6.92 Å². The highest BCUT2D eigenvalue weighted by atomic mass is 35.5. The molecular formula is C13H20ClN3O2. The number of benzene rings is 1. The van der Waals surface area contributed by atoms with Gasteiger partial charge in [-0.1, -0.05) is 0 Å². The summed E-state index contributed by atoms with van der Waals surface area (Å²) in [5, 5.41) is 5.53. The Kier molecular flexibility index (Phi) is 7.11. The predicted molar refractivity (Wildman–Crippen MR) is 79.0 cm³/mol. The third-order valence-corrected chi connectivity index (χ3v) is 2.48. The van der Waals surface area contributed by atoms with Gasteiger partial charge in [0.2, 0.25) is 5.91 Å². The lowest BCUT2D eigenvalue weighted by atomic mass is 10.1. The quantitative estimate of drug-likeness (QED) is 0.876. The molecule has 5 nitrogen and oxygen atoms in total. The first kappa shape index (κ1) is 17.4. The second-order valence-corrected chi connectivity index (χ2v) is 4.31. The Labute approximate surface area is 119 Å². The second kappa shape index (κ2) is 7.76. The van der Waals surface area contributed by atoms with Gasteiger partial charge in [-0.2, -0.15) is 0 Å². The third-order valence-electron chi connectivity index (χ3n) is 2.48. The van der Waals surface area contributed by atoms with Crippen molar-refractivity contribution in [2.75, 3.05) is 33.0 Å². The zero-order valence-corrected chi connectivity index (χ0v) is 12.4. The van der Waals surface area contributed by atoms with E-state index in [1.807, 2.05) is 6.92 Å². The highest BCUT2D eigenvalue weighted by Crippen LogP contribution is 2.16. The fourth-order valence-electron chi connectivity index (χ4n) is 1.59. The van der Waals surface area contributed by atoms with Crippen molar-refractivity contribution < 1.29 is 9.59 Å². The standard InChI is InChI=1S/C13H19N3O2.ClH/c1-9-7-10(15-12(17)8-14-2)5-6-11(9)13(18)16(3)4;/h5-7,14H,8H2,1-4H3,(H,15,17);1H. The molecular weight excluding hydrogens is 266 g/mol. The molecule has 0 heterocycles. The van der Waals surface area contributed by atoms with E-state index in [4.69, 9.17) is 0 Å². The van der Waals surface area contributed by atoms with Crippen LogP contribution in [-0.4, -0.2) is 44.4 Å². The van der Waals surface area contributed by atoms with Crippen molar-refractivity contribution in [3.8, 4) is 0 Å². The molecule has 0 saturated heterocycles. The average molecular weight is 286 g/mol. The zero-order chi connectivity index (χ0) is 13.7. The molecule has 0 spiro atoms. The van der Waals surface area contributed by atoms with E-state index in [0.29, 0.717) is 11.3 Å². The molecule has 0 aliphatic carbocycles. The lowest BCUT2D eigenvalue weighted by Gasteiger charge is -2.13. The highest BCUT2D eigenvalue weighted by molar-refractivity contribution is 5.97. The van der Waals surface area contributed by atoms with Crippen molar-refractivity contribution in [2.45, 2.75) is 6.92 Å². The Balaban J connectivity index is 0.00000324. The monoisotopic (exact) mass is 285 g/mol. The summed E-state index contributed by atoms with van der Waals surface area (Å²) in [5.41, 5.74) is 2.19. The molecule has 0 aromatic heterocycles. The molecule has 1 rings (SSSR count). The minimum atomic E-state index is -0.108. The van der Waals surface area contributed by atoms with Gasteiger partial charge in [-0.15, -0.1) is 12.4 Å². The van der Waals surface area contributed by atoms with Gasteiger partial charge in [-0.25, -0.2) is 0 Å². The van der Waals surface area contributed by atoms with Crippen LogP contribution < -0.4 is 10.6 Å². The van der Waals surface area contributed by atoms with Crippen LogP contribution >= 0.6 is 12.4 Å². The smallest absolute Gasteiger partial charge is 0.253 e. The van der Waals surface area contributed by atoms with Gasteiger partial charge in [-0.3, -0.25) is 9.59 Å². The van der Waals surface area contributed by atoms with E-state index in [0.717, 1.165) is 5.56 Å². The number of likely N-dealkylation sites (N-methyl/N-ethyl adjacent to an activating group) is 1. The number of hydrogen-bond donors (Lipinski definition) is 2. The van der Waals surface area contributed by atoms with Crippen LogP contribution in [0.2, 0.25) is 0 Å². The number of halogens is 1. The summed E-state index contributed by atoms with van der Waals surface area (Å²) in [6.45, 7) is 2.11. The van der Waals surface area contributed by atoms with Gasteiger partial charge in [-0.05, 0) is 37.7 Å². The van der Waals surface area contributed by atoms with Crippen LogP contribution in [0.3, 0.4) is 0 Å². The molecule has 19 heavy (non-hydrogen) atoms. The Hall–Kier alpha value is -1.59. The molecule has 1 aromatic carbocycles. The molecule has 1 aromatic rings. The Bertz CT molecular complexity index is 461. The minimum Gasteiger partial charge on any atom is -0.345 e. The molecule has 106 valence electrons. The van der Waals surface area contributed by atoms with E-state index in [9.17, 15) is 9.59 Å². The number of anilines is 1. The van der Waals surface area contributed by atoms with Crippen molar-refractivity contribution >= 4 is 29.9 Å². The molecule has 6 heteroatoms. The summed E-state index contributed by atoms with van der Waals surface area (Å²) in [6.07, 6.45) is 0. The number of nitrogens with zero attached hydrogens (tertiary/aromatic N) is 1. The van der Waals surface area contributed by atoms with Crippen LogP contribution in [0.25, 0.3) is 0 Å². The molecule has 0 fully saturated rings. The fraction of sp³-hybridized carbons (Fsp3) is 0.385. The predicted octanol–water partition coefficient (Wildman–Crippen LogP) is 1.28. The molecule has 0 atom stereocenters. The minimum absolute atomic E-state index is 0. The van der Waals surface area contributed by atoms with Crippen molar-refractivity contribution in [3.05, 3.63) is 29.3 Å². The number of carbonyl (C=O) groups excluding carboxylic acids is 2. The van der Waals surface area contributed by atoms with Crippen LogP contribution in [0.15, 0.2) is 18.2 Å². The lowest BCUT2D eigenvalue weighted by molar-refractivity contribution is -0.115. The Morgan fingerprint density at radius 1 is 1.26 bits per heavy atom. The van der Waals surface area contributed by atoms with Crippen LogP contribution in [0.5, 0.6) is 0 Å². The van der Waals surface area contributed by atoms with Crippen LogP contribution in [-0.2, 0) is 4.79 Å². The van der Waals surface area contributed by atoms with Crippen LogP contribution in [0.1, 0.15) is 15.9 Å². The fourth-order valence-corrected chi connectivity index (χ4v) is 1.59. The molecule has 0 unspecified atom stereocenters. The van der Waals surface area contributed by atoms with E-state index in [-0.39, 0.29) is 30.8 Å². The second-order valence-electron chi connectivity index (χ2n) is 4.31. The number of hydrogen-bond acceptors (Lipinski definition) is 3. The highest BCUT2D eigenvalue weighted by Gasteiger charge is 2.11. The largest absolute Gasteiger partial charge is 0.345 e. The first-order valence-electron chi connectivity index (χ1n) is 5.72. The first-order valence-corrected chi connectivity index (χ1v) is 5.72. The van der Waals surface area contributed by atoms with Crippen molar-refractivity contribution in [3.63, 3.8) is 0 Å². The molecule has 0 bridgehead atoms. The normalized spacial score (nSPS) is 9.47. The molecule has 0 saturated carbocycles. The van der Waals surface area contributed by atoms with E-state index in [2.05, 4.69) is 10.6 Å². The average Bonchev–Trinajstić information content (AvgIpc) is 2.28. The first-order chi connectivity index (χ1) is 8.45. The van der Waals surface area contributed by atoms with Gasteiger partial charge in [0, 0.05) is 25.3 Å². The van der Waals surface area contributed by atoms with Gasteiger partial charge < -0.3 is 15.5 Å². The molecule has 0 aliphatic heterocycles. The van der Waals surface area contributed by atoms with Gasteiger partial charge in [0.05, 0.1) is 6.54 Å². The van der Waals surface area contributed by atoms with E-state index >= 15 is 0 Å². The summed E-state index contributed by atoms with van der Waals surface area (Å²) < 4.78 is 0. The summed E-state index contributed by atoms with van der Waals surface area (Å²) in [5.74, 6) is -0.149. The maximum absolute atomic E-state index is 11.8. The summed E-state index contributed by atoms with van der Waals surface area (Å²) in [7, 11) is 5.14. The number of rotatable bonds is 4. The summed E-state index contributed by atoms with van der Waals surface area (Å²) >= 11 is 0. The maximum atomic E-state index is 11.8. The van der Waals surface area contributed by atoms with Crippen molar-refractivity contribution in [2.24, 2.45) is 0 Å². The van der Waals surface area contributed by atoms with E-state index in [1.54, 1.807) is 39.3 Å². The molecule has 0 aliphatic rings. The Morgan fingerprint density at radius 3 is 2.37 bits per heavy atom. The van der Waals surface area contributed by atoms with Crippen molar-refractivity contribution in [1.82, 2.24) is 10.2 Å². The van der Waals surface area contributed by atoms with E-state index < -0.39 is 0 Å². The van der Waals surface area contributed by atoms with E-state index in [1.165, 1.54) is 4.90 Å². The lowest BCUT2D eigenvalue weighted by Crippen LogP contribution is -2.25. The SMILES string of the molecule is CNCC(=O)Nc1ccc(C(=O)N(C)C)c(C)c1.Cl.